The van der Waals surface area contributed by atoms with E-state index in [4.69, 9.17) is 5.11 Å². The molecule has 1 N–H and O–H groups in total. The zero-order valence-electron chi connectivity index (χ0n) is 10.8. The van der Waals surface area contributed by atoms with Gasteiger partial charge in [-0.05, 0) is 45.2 Å². The maximum absolute atomic E-state index is 13.1. The Morgan fingerprint density at radius 1 is 1.33 bits per heavy atom. The molecule has 0 aromatic carbocycles. The summed E-state index contributed by atoms with van der Waals surface area (Å²) in [5, 5.41) is 9.12. The van der Waals surface area contributed by atoms with Crippen molar-refractivity contribution in [2.45, 2.75) is 45.0 Å². The van der Waals surface area contributed by atoms with Crippen LogP contribution in [-0.2, 0) is 4.79 Å². The number of carboxylic acid groups (broad SMARTS) is 1. The summed E-state index contributed by atoms with van der Waals surface area (Å²) in [5.74, 6) is -3.14. The molecule has 0 spiro atoms. The molecule has 0 aromatic rings. The minimum atomic E-state index is -2.48. The Bertz CT molecular complexity index is 325. The lowest BCUT2D eigenvalue weighted by Gasteiger charge is -2.37. The van der Waals surface area contributed by atoms with Crippen LogP contribution < -0.4 is 0 Å². The highest BCUT2D eigenvalue weighted by Crippen LogP contribution is 2.40. The molecular formula is C13H21F2NO2. The first-order valence-electron chi connectivity index (χ1n) is 6.64. The van der Waals surface area contributed by atoms with Gasteiger partial charge in [0.05, 0.1) is 5.41 Å². The van der Waals surface area contributed by atoms with Gasteiger partial charge in [-0.15, -0.1) is 0 Å². The predicted molar refractivity (Wildman–Crippen MR) is 63.7 cm³/mol. The maximum atomic E-state index is 13.1. The van der Waals surface area contributed by atoms with Gasteiger partial charge in [0.25, 0.3) is 0 Å². The van der Waals surface area contributed by atoms with E-state index >= 15 is 0 Å². The largest absolute Gasteiger partial charge is 0.481 e. The van der Waals surface area contributed by atoms with Crippen molar-refractivity contribution in [1.82, 2.24) is 4.90 Å². The van der Waals surface area contributed by atoms with E-state index in [1.807, 2.05) is 0 Å². The molecule has 0 bridgehead atoms. The lowest BCUT2D eigenvalue weighted by Crippen LogP contribution is -2.44. The normalized spacial score (nSPS) is 31.4. The van der Waals surface area contributed by atoms with E-state index in [-0.39, 0.29) is 18.8 Å². The highest BCUT2D eigenvalue weighted by Gasteiger charge is 2.41. The van der Waals surface area contributed by atoms with Gasteiger partial charge in [-0.1, -0.05) is 0 Å². The third-order valence-electron chi connectivity index (χ3n) is 4.50. The van der Waals surface area contributed by atoms with E-state index in [0.717, 1.165) is 0 Å². The molecule has 5 heteroatoms. The number of hydrogen-bond donors (Lipinski definition) is 1. The summed E-state index contributed by atoms with van der Waals surface area (Å²) in [6, 6.07) is 0. The third kappa shape index (κ3) is 2.99. The monoisotopic (exact) mass is 261 g/mol. The van der Waals surface area contributed by atoms with E-state index < -0.39 is 17.3 Å². The highest BCUT2D eigenvalue weighted by molar-refractivity contribution is 5.74. The zero-order chi connectivity index (χ0) is 13.4. The average molecular weight is 261 g/mol. The van der Waals surface area contributed by atoms with Gasteiger partial charge in [0.1, 0.15) is 0 Å². The van der Waals surface area contributed by atoms with Crippen LogP contribution in [0.2, 0.25) is 0 Å². The van der Waals surface area contributed by atoms with Crippen LogP contribution >= 0.6 is 0 Å². The van der Waals surface area contributed by atoms with Crippen molar-refractivity contribution < 1.29 is 18.7 Å². The molecule has 1 aliphatic carbocycles. The Labute approximate surface area is 106 Å². The Kier molecular flexibility index (Phi) is 3.63. The zero-order valence-corrected chi connectivity index (χ0v) is 10.8. The fourth-order valence-electron chi connectivity index (χ4n) is 3.01. The molecule has 2 aliphatic rings. The number of carbonyl (C=O) groups is 1. The molecule has 1 unspecified atom stereocenters. The van der Waals surface area contributed by atoms with Crippen molar-refractivity contribution in [1.29, 1.82) is 0 Å². The number of likely N-dealkylation sites (tertiary alicyclic amines) is 1. The predicted octanol–water partition coefficient (Wildman–Crippen LogP) is 2.61. The summed E-state index contributed by atoms with van der Waals surface area (Å²) >= 11 is 0. The summed E-state index contributed by atoms with van der Waals surface area (Å²) in [5.41, 5.74) is -0.629. The van der Waals surface area contributed by atoms with E-state index in [1.54, 1.807) is 6.92 Å². The lowest BCUT2D eigenvalue weighted by molar-refractivity contribution is -0.150. The molecule has 0 amide bonds. The first kappa shape index (κ1) is 13.7. The molecule has 18 heavy (non-hydrogen) atoms. The second kappa shape index (κ2) is 4.76. The summed E-state index contributed by atoms with van der Waals surface area (Å²) in [7, 11) is 0. The molecule has 3 nitrogen and oxygen atoms in total. The van der Waals surface area contributed by atoms with Crippen LogP contribution in [0.4, 0.5) is 8.78 Å². The van der Waals surface area contributed by atoms with Gasteiger partial charge in [-0.25, -0.2) is 8.78 Å². The molecular weight excluding hydrogens is 240 g/mol. The second-order valence-corrected chi connectivity index (χ2v) is 6.13. The molecule has 1 aliphatic heterocycles. The first-order valence-corrected chi connectivity index (χ1v) is 6.64. The lowest BCUT2D eigenvalue weighted by atomic mass is 9.80. The van der Waals surface area contributed by atoms with Crippen LogP contribution in [0.3, 0.4) is 0 Å². The van der Waals surface area contributed by atoms with Crippen molar-refractivity contribution in [2.75, 3.05) is 19.6 Å². The molecule has 1 saturated heterocycles. The Balaban J connectivity index is 1.79. The Morgan fingerprint density at radius 3 is 2.39 bits per heavy atom. The highest BCUT2D eigenvalue weighted by atomic mass is 19.3. The smallest absolute Gasteiger partial charge is 0.309 e. The number of rotatable bonds is 3. The number of aliphatic carboxylic acids is 1. The molecule has 1 heterocycles. The van der Waals surface area contributed by atoms with Crippen molar-refractivity contribution in [3.63, 3.8) is 0 Å². The molecule has 0 radical (unpaired) electrons. The average Bonchev–Trinajstić information content (AvgIpc) is 2.61. The second-order valence-electron chi connectivity index (χ2n) is 6.13. The number of alkyl halides is 2. The number of carboxylic acids is 1. The fraction of sp³-hybridized carbons (Fsp3) is 0.923. The molecule has 0 aromatic heterocycles. The third-order valence-corrected chi connectivity index (χ3v) is 4.50. The standard InChI is InChI=1S/C13H21F2NO2/c1-12(11(17)18)4-6-16(7-5-12)9-10-2-3-13(14,15)8-10/h10H,2-9H2,1H3,(H,17,18). The van der Waals surface area contributed by atoms with Crippen LogP contribution in [0.1, 0.15) is 39.0 Å². The topological polar surface area (TPSA) is 40.5 Å². The maximum Gasteiger partial charge on any atom is 0.309 e. The minimum Gasteiger partial charge on any atom is -0.481 e. The van der Waals surface area contributed by atoms with Crippen LogP contribution in [0, 0.1) is 11.3 Å². The SMILES string of the molecule is CC1(C(=O)O)CCN(CC2CCC(F)(F)C2)CC1. The molecule has 1 saturated carbocycles. The van der Waals surface area contributed by atoms with Gasteiger partial charge in [0, 0.05) is 19.4 Å². The molecule has 1 atom stereocenters. The van der Waals surface area contributed by atoms with E-state index in [9.17, 15) is 13.6 Å². The van der Waals surface area contributed by atoms with Crippen LogP contribution in [0.25, 0.3) is 0 Å². The van der Waals surface area contributed by atoms with Crippen molar-refractivity contribution in [3.05, 3.63) is 0 Å². The molecule has 2 fully saturated rings. The van der Waals surface area contributed by atoms with Crippen molar-refractivity contribution in [2.24, 2.45) is 11.3 Å². The fourth-order valence-corrected chi connectivity index (χ4v) is 3.01. The van der Waals surface area contributed by atoms with Crippen molar-refractivity contribution >= 4 is 5.97 Å². The summed E-state index contributed by atoms with van der Waals surface area (Å²) < 4.78 is 26.2. The quantitative estimate of drug-likeness (QED) is 0.849. The summed E-state index contributed by atoms with van der Waals surface area (Å²) in [6.45, 7) is 3.90. The number of halogens is 2. The van der Waals surface area contributed by atoms with Crippen molar-refractivity contribution in [3.8, 4) is 0 Å². The van der Waals surface area contributed by atoms with Gasteiger partial charge >= 0.3 is 5.97 Å². The van der Waals surface area contributed by atoms with Crippen LogP contribution in [-0.4, -0.2) is 41.5 Å². The molecule has 104 valence electrons. The number of piperidine rings is 1. The van der Waals surface area contributed by atoms with Crippen LogP contribution in [0.15, 0.2) is 0 Å². The molecule has 2 rings (SSSR count). The van der Waals surface area contributed by atoms with Crippen LogP contribution in [0.5, 0.6) is 0 Å². The minimum absolute atomic E-state index is 0.000299. The summed E-state index contributed by atoms with van der Waals surface area (Å²) in [6.07, 6.45) is 1.84. The van der Waals surface area contributed by atoms with E-state index in [0.29, 0.717) is 38.9 Å². The van der Waals surface area contributed by atoms with Gasteiger partial charge in [-0.2, -0.15) is 0 Å². The number of hydrogen-bond acceptors (Lipinski definition) is 2. The summed E-state index contributed by atoms with van der Waals surface area (Å²) in [4.78, 5) is 13.2. The van der Waals surface area contributed by atoms with Gasteiger partial charge < -0.3 is 10.0 Å². The first-order chi connectivity index (χ1) is 8.31. The van der Waals surface area contributed by atoms with Gasteiger partial charge in [0.2, 0.25) is 5.92 Å². The van der Waals surface area contributed by atoms with Gasteiger partial charge in [0.15, 0.2) is 0 Å². The van der Waals surface area contributed by atoms with E-state index in [1.165, 1.54) is 0 Å². The Hall–Kier alpha value is -0.710. The Morgan fingerprint density at radius 2 is 1.94 bits per heavy atom. The van der Waals surface area contributed by atoms with E-state index in [2.05, 4.69) is 4.90 Å². The van der Waals surface area contributed by atoms with Gasteiger partial charge in [-0.3, -0.25) is 4.79 Å². The number of nitrogens with zero attached hydrogens (tertiary/aromatic N) is 1.